The second-order valence-electron chi connectivity index (χ2n) is 9.44. The lowest BCUT2D eigenvalue weighted by molar-refractivity contribution is 0.0851. The molecule has 3 heterocycles. The molecule has 0 atom stereocenters. The maximum atomic E-state index is 10.5. The molecule has 0 aliphatic carbocycles. The van der Waals surface area contributed by atoms with E-state index in [0.29, 0.717) is 37.8 Å². The molecule has 1 aliphatic rings. The Labute approximate surface area is 195 Å². The van der Waals surface area contributed by atoms with Gasteiger partial charge in [-0.15, -0.1) is 0 Å². The molecule has 9 heteroatoms. The van der Waals surface area contributed by atoms with E-state index in [2.05, 4.69) is 40.6 Å². The lowest BCUT2D eigenvalue weighted by atomic mass is 10.0. The van der Waals surface area contributed by atoms with Gasteiger partial charge in [-0.1, -0.05) is 31.8 Å². The van der Waals surface area contributed by atoms with Gasteiger partial charge < -0.3 is 24.0 Å². The van der Waals surface area contributed by atoms with E-state index in [1.807, 2.05) is 22.8 Å². The summed E-state index contributed by atoms with van der Waals surface area (Å²) in [5.41, 5.74) is 3.70. The number of ether oxygens (including phenoxy) is 2. The van der Waals surface area contributed by atoms with Crippen LogP contribution in [0.4, 0.5) is 5.82 Å². The maximum Gasteiger partial charge on any atom is 0.148 e. The van der Waals surface area contributed by atoms with E-state index < -0.39 is 8.07 Å². The molecule has 1 aromatic carbocycles. The first kappa shape index (κ1) is 23.4. The molecule has 1 N–H and O–H groups in total. The lowest BCUT2D eigenvalue weighted by Gasteiger charge is -2.28. The van der Waals surface area contributed by atoms with Gasteiger partial charge in [-0.05, 0) is 23.7 Å². The number of anilines is 1. The van der Waals surface area contributed by atoms with Crippen LogP contribution in [0.25, 0.3) is 22.2 Å². The maximum absolute atomic E-state index is 10.5. The van der Waals surface area contributed by atoms with Crippen molar-refractivity contribution in [2.75, 3.05) is 37.8 Å². The van der Waals surface area contributed by atoms with Crippen LogP contribution in [0.3, 0.4) is 0 Å². The molecule has 0 spiro atoms. The second-order valence-corrected chi connectivity index (χ2v) is 15.1. The Morgan fingerprint density at radius 2 is 2.00 bits per heavy atom. The Morgan fingerprint density at radius 1 is 1.21 bits per heavy atom. The van der Waals surface area contributed by atoms with Crippen LogP contribution >= 0.6 is 0 Å². The number of nitriles is 1. The zero-order valence-electron chi connectivity index (χ0n) is 19.5. The van der Waals surface area contributed by atoms with E-state index in [9.17, 15) is 10.4 Å². The van der Waals surface area contributed by atoms with Gasteiger partial charge in [-0.25, -0.2) is 9.97 Å². The van der Waals surface area contributed by atoms with Crippen molar-refractivity contribution in [1.82, 2.24) is 14.5 Å². The Kier molecular flexibility index (Phi) is 7.10. The van der Waals surface area contributed by atoms with Crippen LogP contribution in [0.15, 0.2) is 30.6 Å². The standard InChI is InChI=1S/C24H31N5O3Si/c1-33(2,3)12-11-32-17-29-20(15-30)21(19-6-4-5-18(13-19)14-25)22-23(26-16-27-24(22)29)28-7-9-31-10-8-28/h4-6,13,16,30H,7-12,15,17H2,1-3H3. The van der Waals surface area contributed by atoms with Crippen LogP contribution in [0.5, 0.6) is 0 Å². The molecule has 0 radical (unpaired) electrons. The highest BCUT2D eigenvalue weighted by Crippen LogP contribution is 2.39. The predicted molar refractivity (Wildman–Crippen MR) is 131 cm³/mol. The van der Waals surface area contributed by atoms with Gasteiger partial charge in [0, 0.05) is 33.3 Å². The average molecular weight is 466 g/mol. The Hall–Kier alpha value is -2.77. The molecule has 174 valence electrons. The molecule has 1 aliphatic heterocycles. The van der Waals surface area contributed by atoms with Crippen LogP contribution in [0.1, 0.15) is 11.3 Å². The first-order chi connectivity index (χ1) is 15.9. The largest absolute Gasteiger partial charge is 0.390 e. The fourth-order valence-electron chi connectivity index (χ4n) is 4.11. The molecule has 2 aromatic heterocycles. The minimum atomic E-state index is -1.22. The average Bonchev–Trinajstić information content (AvgIpc) is 3.15. The Morgan fingerprint density at radius 3 is 2.70 bits per heavy atom. The van der Waals surface area contributed by atoms with Crippen LogP contribution in [0.2, 0.25) is 25.7 Å². The van der Waals surface area contributed by atoms with Crippen molar-refractivity contribution in [2.24, 2.45) is 0 Å². The quantitative estimate of drug-likeness (QED) is 0.401. The van der Waals surface area contributed by atoms with Gasteiger partial charge in [0.05, 0.1) is 42.5 Å². The van der Waals surface area contributed by atoms with E-state index in [1.165, 1.54) is 0 Å². The van der Waals surface area contributed by atoms with E-state index >= 15 is 0 Å². The first-order valence-electron chi connectivity index (χ1n) is 11.3. The summed E-state index contributed by atoms with van der Waals surface area (Å²) in [6, 6.07) is 10.7. The third-order valence-corrected chi connectivity index (χ3v) is 7.59. The zero-order chi connectivity index (χ0) is 23.4. The predicted octanol–water partition coefficient (Wildman–Crippen LogP) is 3.61. The van der Waals surface area contributed by atoms with Gasteiger partial charge in [0.1, 0.15) is 24.5 Å². The number of hydrogen-bond acceptors (Lipinski definition) is 7. The molecule has 3 aromatic rings. The zero-order valence-corrected chi connectivity index (χ0v) is 20.5. The number of hydrogen-bond donors (Lipinski definition) is 1. The lowest BCUT2D eigenvalue weighted by Crippen LogP contribution is -2.36. The second kappa shape index (κ2) is 10.0. The molecule has 33 heavy (non-hydrogen) atoms. The van der Waals surface area contributed by atoms with Gasteiger partial charge in [-0.3, -0.25) is 0 Å². The number of morpholine rings is 1. The normalized spacial score (nSPS) is 14.6. The van der Waals surface area contributed by atoms with E-state index in [1.54, 1.807) is 12.4 Å². The summed E-state index contributed by atoms with van der Waals surface area (Å²) in [5, 5.41) is 20.8. The van der Waals surface area contributed by atoms with Gasteiger partial charge in [-0.2, -0.15) is 5.26 Å². The topological polar surface area (TPSA) is 96.4 Å². The van der Waals surface area contributed by atoms with Crippen LogP contribution < -0.4 is 4.90 Å². The number of rotatable bonds is 8. The molecule has 8 nitrogen and oxygen atoms in total. The number of aromatic nitrogens is 3. The summed E-state index contributed by atoms with van der Waals surface area (Å²) >= 11 is 0. The SMILES string of the molecule is C[Si](C)(C)CCOCn1c(CO)c(-c2cccc(C#N)c2)c2c(N3CCOCC3)ncnc21. The minimum absolute atomic E-state index is 0.178. The van der Waals surface area contributed by atoms with Crippen molar-refractivity contribution >= 4 is 24.9 Å². The minimum Gasteiger partial charge on any atom is -0.390 e. The fraction of sp³-hybridized carbons (Fsp3) is 0.458. The summed E-state index contributed by atoms with van der Waals surface area (Å²) in [4.78, 5) is 11.4. The smallest absolute Gasteiger partial charge is 0.148 e. The fourth-order valence-corrected chi connectivity index (χ4v) is 4.87. The van der Waals surface area contributed by atoms with Crippen LogP contribution in [-0.4, -0.2) is 60.6 Å². The molecular weight excluding hydrogens is 434 g/mol. The number of nitrogens with zero attached hydrogens (tertiary/aromatic N) is 5. The van der Waals surface area contributed by atoms with Gasteiger partial charge in [0.2, 0.25) is 0 Å². The van der Waals surface area contributed by atoms with Crippen molar-refractivity contribution in [1.29, 1.82) is 5.26 Å². The van der Waals surface area contributed by atoms with Crippen LogP contribution in [-0.2, 0) is 22.8 Å². The summed E-state index contributed by atoms with van der Waals surface area (Å²) < 4.78 is 13.5. The Balaban J connectivity index is 1.86. The number of aliphatic hydroxyl groups excluding tert-OH is 1. The third kappa shape index (κ3) is 5.09. The van der Waals surface area contributed by atoms with Crippen molar-refractivity contribution in [3.63, 3.8) is 0 Å². The number of benzene rings is 1. The molecule has 4 rings (SSSR count). The molecule has 0 amide bonds. The third-order valence-electron chi connectivity index (χ3n) is 5.88. The number of aliphatic hydroxyl groups is 1. The van der Waals surface area contributed by atoms with E-state index in [4.69, 9.17) is 9.47 Å². The molecular formula is C24H31N5O3Si. The van der Waals surface area contributed by atoms with Gasteiger partial charge in [0.15, 0.2) is 0 Å². The van der Waals surface area contributed by atoms with Crippen molar-refractivity contribution in [3.8, 4) is 17.2 Å². The molecule has 0 bridgehead atoms. The Bertz CT molecular complexity index is 1160. The van der Waals surface area contributed by atoms with Crippen molar-refractivity contribution in [2.45, 2.75) is 39.0 Å². The van der Waals surface area contributed by atoms with Crippen molar-refractivity contribution in [3.05, 3.63) is 41.9 Å². The molecule has 1 fully saturated rings. The summed E-state index contributed by atoms with van der Waals surface area (Å²) in [6.45, 7) is 10.5. The summed E-state index contributed by atoms with van der Waals surface area (Å²) in [6.07, 6.45) is 1.57. The van der Waals surface area contributed by atoms with E-state index in [-0.39, 0.29) is 6.61 Å². The van der Waals surface area contributed by atoms with Crippen LogP contribution in [0, 0.1) is 11.3 Å². The highest BCUT2D eigenvalue weighted by molar-refractivity contribution is 6.76. The summed E-state index contributed by atoms with van der Waals surface area (Å²) in [7, 11) is -1.22. The highest BCUT2D eigenvalue weighted by atomic mass is 28.3. The summed E-state index contributed by atoms with van der Waals surface area (Å²) in [5.74, 6) is 0.816. The monoisotopic (exact) mass is 465 g/mol. The molecule has 0 unspecified atom stereocenters. The molecule has 0 saturated carbocycles. The highest BCUT2D eigenvalue weighted by Gasteiger charge is 2.26. The number of fused-ring (bicyclic) bond motifs is 1. The van der Waals surface area contributed by atoms with E-state index in [0.717, 1.165) is 47.1 Å². The van der Waals surface area contributed by atoms with Crippen molar-refractivity contribution < 1.29 is 14.6 Å². The van der Waals surface area contributed by atoms with Gasteiger partial charge >= 0.3 is 0 Å². The molecule has 1 saturated heterocycles. The van der Waals surface area contributed by atoms with Gasteiger partial charge in [0.25, 0.3) is 0 Å². The first-order valence-corrected chi connectivity index (χ1v) is 15.0.